The predicted molar refractivity (Wildman–Crippen MR) is 100 cm³/mol. The second-order valence-corrected chi connectivity index (χ2v) is 7.82. The van der Waals surface area contributed by atoms with E-state index in [9.17, 15) is 9.59 Å². The molecular weight excluding hydrogens is 358 g/mol. The first-order valence-electron chi connectivity index (χ1n) is 7.85. The van der Waals surface area contributed by atoms with Gasteiger partial charge in [-0.1, -0.05) is 18.7 Å². The third-order valence-corrected chi connectivity index (χ3v) is 5.91. The summed E-state index contributed by atoms with van der Waals surface area (Å²) in [7, 11) is 1.35. The fraction of sp³-hybridized carbons (Fsp3) is 0.353. The summed E-state index contributed by atoms with van der Waals surface area (Å²) < 4.78 is 4.98. The van der Waals surface area contributed by atoms with Gasteiger partial charge in [-0.2, -0.15) is 0 Å². The van der Waals surface area contributed by atoms with E-state index in [0.29, 0.717) is 27.8 Å². The lowest BCUT2D eigenvalue weighted by molar-refractivity contribution is -0.136. The minimum Gasteiger partial charge on any atom is -0.466 e. The Bertz CT molecular complexity index is 914. The van der Waals surface area contributed by atoms with Crippen molar-refractivity contribution in [1.82, 2.24) is 9.97 Å². The zero-order valence-electron chi connectivity index (χ0n) is 14.4. The largest absolute Gasteiger partial charge is 0.466 e. The van der Waals surface area contributed by atoms with Gasteiger partial charge in [0.05, 0.1) is 24.2 Å². The lowest BCUT2D eigenvalue weighted by atomic mass is 9.85. The topological polar surface area (TPSA) is 84.1 Å². The van der Waals surface area contributed by atoms with E-state index in [4.69, 9.17) is 4.74 Å². The number of aromatic nitrogens is 2. The Labute approximate surface area is 153 Å². The first-order valence-corrected chi connectivity index (χ1v) is 9.71. The lowest BCUT2D eigenvalue weighted by Crippen LogP contribution is -2.30. The molecule has 0 aromatic carbocycles. The van der Waals surface area contributed by atoms with E-state index >= 15 is 0 Å². The number of carbonyl (C=O) groups excluding carboxylic acids is 1. The number of hydrogen-bond donors (Lipinski definition) is 2. The smallest absolute Gasteiger partial charge is 0.336 e. The van der Waals surface area contributed by atoms with Gasteiger partial charge in [-0.25, -0.2) is 9.78 Å². The number of H-pyrrole nitrogens is 1. The summed E-state index contributed by atoms with van der Waals surface area (Å²) in [6.07, 6.45) is 0. The first-order chi connectivity index (χ1) is 12.0. The third kappa shape index (κ3) is 3.11. The van der Waals surface area contributed by atoms with Crippen LogP contribution in [-0.2, 0) is 9.53 Å². The summed E-state index contributed by atoms with van der Waals surface area (Å²) in [5, 5.41) is 5.64. The molecule has 2 aromatic rings. The molecule has 132 valence electrons. The van der Waals surface area contributed by atoms with E-state index in [0.717, 1.165) is 16.2 Å². The Morgan fingerprint density at radius 3 is 2.80 bits per heavy atom. The highest BCUT2D eigenvalue weighted by Crippen LogP contribution is 2.42. The highest BCUT2D eigenvalue weighted by atomic mass is 32.2. The van der Waals surface area contributed by atoms with E-state index < -0.39 is 11.9 Å². The molecule has 0 radical (unpaired) electrons. The quantitative estimate of drug-likeness (QED) is 0.483. The number of methoxy groups -OCH3 is 1. The maximum Gasteiger partial charge on any atom is 0.336 e. The molecule has 8 heteroatoms. The van der Waals surface area contributed by atoms with Gasteiger partial charge in [-0.15, -0.1) is 11.3 Å². The molecule has 0 fully saturated rings. The average molecular weight is 377 g/mol. The number of ether oxygens (including phenoxy) is 1. The number of anilines is 1. The molecule has 1 atom stereocenters. The summed E-state index contributed by atoms with van der Waals surface area (Å²) in [5.74, 6) is 0.375. The van der Waals surface area contributed by atoms with Crippen LogP contribution in [0.4, 0.5) is 5.82 Å². The number of carbonyl (C=O) groups is 1. The van der Waals surface area contributed by atoms with Crippen LogP contribution in [0.1, 0.15) is 35.8 Å². The molecule has 2 aromatic heterocycles. The van der Waals surface area contributed by atoms with Crippen LogP contribution in [0.15, 0.2) is 32.7 Å². The summed E-state index contributed by atoms with van der Waals surface area (Å²) in [6, 6.07) is 1.98. The Hall–Kier alpha value is -2.06. The van der Waals surface area contributed by atoms with Crippen molar-refractivity contribution in [3.05, 3.63) is 49.1 Å². The number of thioether (sulfide) groups is 1. The van der Waals surface area contributed by atoms with Crippen LogP contribution in [0.3, 0.4) is 0 Å². The van der Waals surface area contributed by atoms with Crippen molar-refractivity contribution < 1.29 is 9.53 Å². The highest BCUT2D eigenvalue weighted by Gasteiger charge is 2.37. The molecule has 1 aliphatic heterocycles. The van der Waals surface area contributed by atoms with Gasteiger partial charge in [-0.3, -0.25) is 4.79 Å². The van der Waals surface area contributed by atoms with E-state index in [1.807, 2.05) is 25.3 Å². The molecule has 0 spiro atoms. The van der Waals surface area contributed by atoms with Crippen LogP contribution >= 0.6 is 23.1 Å². The van der Waals surface area contributed by atoms with Gasteiger partial charge in [0.1, 0.15) is 5.82 Å². The monoisotopic (exact) mass is 377 g/mol. The molecule has 0 amide bonds. The van der Waals surface area contributed by atoms with Crippen LogP contribution in [0.2, 0.25) is 0 Å². The van der Waals surface area contributed by atoms with Crippen molar-refractivity contribution in [2.75, 3.05) is 18.2 Å². The van der Waals surface area contributed by atoms with Crippen molar-refractivity contribution in [2.24, 2.45) is 0 Å². The Balaban J connectivity index is 2.27. The Morgan fingerprint density at radius 2 is 2.20 bits per heavy atom. The Kier molecular flexibility index (Phi) is 5.01. The number of aromatic amines is 1. The van der Waals surface area contributed by atoms with Crippen LogP contribution in [-0.4, -0.2) is 28.8 Å². The number of thiophene rings is 1. The molecule has 2 N–H and O–H groups in total. The average Bonchev–Trinajstić information content (AvgIpc) is 2.99. The molecule has 0 saturated carbocycles. The van der Waals surface area contributed by atoms with E-state index in [-0.39, 0.29) is 5.56 Å². The molecule has 1 unspecified atom stereocenters. The molecule has 0 aliphatic carbocycles. The summed E-state index contributed by atoms with van der Waals surface area (Å²) in [5.41, 5.74) is 2.35. The number of esters is 1. The summed E-state index contributed by atoms with van der Waals surface area (Å²) in [6.45, 7) is 5.78. The summed E-state index contributed by atoms with van der Waals surface area (Å²) in [4.78, 5) is 33.6. The van der Waals surface area contributed by atoms with Gasteiger partial charge in [0.25, 0.3) is 5.56 Å². The van der Waals surface area contributed by atoms with E-state index in [2.05, 4.69) is 15.3 Å². The fourth-order valence-electron chi connectivity index (χ4n) is 2.96. The fourth-order valence-corrected chi connectivity index (χ4v) is 4.60. The maximum absolute atomic E-state index is 12.8. The van der Waals surface area contributed by atoms with Crippen molar-refractivity contribution in [1.29, 1.82) is 0 Å². The van der Waals surface area contributed by atoms with Gasteiger partial charge in [0, 0.05) is 10.6 Å². The Morgan fingerprint density at radius 1 is 1.44 bits per heavy atom. The zero-order valence-corrected chi connectivity index (χ0v) is 16.1. The van der Waals surface area contributed by atoms with Gasteiger partial charge in [0.15, 0.2) is 5.16 Å². The minimum absolute atomic E-state index is 0.236. The molecule has 3 rings (SSSR count). The first kappa shape index (κ1) is 17.8. The molecule has 1 aliphatic rings. The second kappa shape index (κ2) is 7.05. The number of aryl methyl sites for hydroxylation is 1. The minimum atomic E-state index is -0.486. The van der Waals surface area contributed by atoms with Crippen LogP contribution < -0.4 is 10.9 Å². The molecule has 0 bridgehead atoms. The molecule has 25 heavy (non-hydrogen) atoms. The van der Waals surface area contributed by atoms with Gasteiger partial charge < -0.3 is 15.0 Å². The lowest BCUT2D eigenvalue weighted by Gasteiger charge is -2.28. The number of rotatable bonds is 4. The standard InChI is InChI=1S/C17H19N3O3S2/c1-5-24-17-19-14-12(15(21)20-17)11(13-8(2)6-7-25-13)10(9(3)18-14)16(22)23-4/h6-7,11H,5H2,1-4H3,(H2,18,19,20,21). The molecule has 3 heterocycles. The maximum atomic E-state index is 12.8. The van der Waals surface area contributed by atoms with Crippen LogP contribution in [0.25, 0.3) is 0 Å². The van der Waals surface area contributed by atoms with Crippen molar-refractivity contribution in [2.45, 2.75) is 31.8 Å². The third-order valence-electron chi connectivity index (χ3n) is 4.07. The van der Waals surface area contributed by atoms with Crippen LogP contribution in [0.5, 0.6) is 0 Å². The zero-order chi connectivity index (χ0) is 18.1. The van der Waals surface area contributed by atoms with Crippen molar-refractivity contribution in [3.63, 3.8) is 0 Å². The van der Waals surface area contributed by atoms with Gasteiger partial charge >= 0.3 is 5.97 Å². The van der Waals surface area contributed by atoms with Crippen molar-refractivity contribution >= 4 is 34.9 Å². The molecular formula is C17H19N3O3S2. The number of hydrogen-bond acceptors (Lipinski definition) is 7. The van der Waals surface area contributed by atoms with Crippen molar-refractivity contribution in [3.8, 4) is 0 Å². The molecule has 6 nitrogen and oxygen atoms in total. The number of nitrogens with one attached hydrogen (secondary N) is 2. The summed E-state index contributed by atoms with van der Waals surface area (Å²) >= 11 is 2.99. The SMILES string of the molecule is CCSc1nc2c(c(=O)[nH]1)C(c1sccc1C)C(C(=O)OC)=C(C)N2. The number of fused-ring (bicyclic) bond motifs is 1. The number of nitrogens with zero attached hydrogens (tertiary/aromatic N) is 1. The number of allylic oxidation sites excluding steroid dienone is 1. The normalized spacial score (nSPS) is 16.4. The van der Waals surface area contributed by atoms with Gasteiger partial charge in [-0.05, 0) is 36.6 Å². The van der Waals surface area contributed by atoms with Gasteiger partial charge in [0.2, 0.25) is 0 Å². The second-order valence-electron chi connectivity index (χ2n) is 5.62. The van der Waals surface area contributed by atoms with E-state index in [1.54, 1.807) is 6.92 Å². The van der Waals surface area contributed by atoms with E-state index in [1.165, 1.54) is 30.2 Å². The predicted octanol–water partition coefficient (Wildman–Crippen LogP) is 3.26. The highest BCUT2D eigenvalue weighted by molar-refractivity contribution is 7.99. The van der Waals surface area contributed by atoms with Crippen LogP contribution in [0, 0.1) is 6.92 Å². The molecule has 0 saturated heterocycles.